The third kappa shape index (κ3) is 3.89. The quantitative estimate of drug-likeness (QED) is 0.873. The highest BCUT2D eigenvalue weighted by molar-refractivity contribution is 9.10. The Labute approximate surface area is 132 Å². The van der Waals surface area contributed by atoms with Gasteiger partial charge in [0.1, 0.15) is 5.69 Å². The van der Waals surface area contributed by atoms with E-state index in [0.717, 1.165) is 12.0 Å². The van der Waals surface area contributed by atoms with E-state index in [1.165, 1.54) is 5.56 Å². The van der Waals surface area contributed by atoms with E-state index in [-0.39, 0.29) is 12.5 Å². The topological polar surface area (TPSA) is 62.2 Å². The van der Waals surface area contributed by atoms with Gasteiger partial charge in [-0.2, -0.15) is 0 Å². The van der Waals surface area contributed by atoms with Gasteiger partial charge in [0.15, 0.2) is 0 Å². The number of carbonyl (C=O) groups excluding carboxylic acids is 1. The summed E-state index contributed by atoms with van der Waals surface area (Å²) >= 11 is 3.30. The summed E-state index contributed by atoms with van der Waals surface area (Å²) in [6.07, 6.45) is 2.51. The van der Waals surface area contributed by atoms with Gasteiger partial charge in [-0.1, -0.05) is 31.2 Å². The average molecular weight is 349 g/mol. The fourth-order valence-corrected chi connectivity index (χ4v) is 2.43. The molecule has 1 aromatic heterocycles. The van der Waals surface area contributed by atoms with Gasteiger partial charge in [0.25, 0.3) is 5.91 Å². The van der Waals surface area contributed by atoms with Gasteiger partial charge in [-0.15, -0.1) is 0 Å². The lowest BCUT2D eigenvalue weighted by Crippen LogP contribution is -2.31. The lowest BCUT2D eigenvalue weighted by Gasteiger charge is -2.17. The maximum absolute atomic E-state index is 12.2. The third-order valence-electron chi connectivity index (χ3n) is 3.25. The van der Waals surface area contributed by atoms with Crippen molar-refractivity contribution in [2.45, 2.75) is 19.4 Å². The van der Waals surface area contributed by atoms with Gasteiger partial charge in [-0.3, -0.25) is 4.79 Å². The number of aliphatic hydroxyl groups is 1. The van der Waals surface area contributed by atoms with Crippen molar-refractivity contribution in [1.82, 2.24) is 10.3 Å². The van der Waals surface area contributed by atoms with Crippen LogP contribution < -0.4 is 5.32 Å². The molecule has 110 valence electrons. The Balaban J connectivity index is 2.15. The second-order valence-electron chi connectivity index (χ2n) is 4.64. The largest absolute Gasteiger partial charge is 0.394 e. The van der Waals surface area contributed by atoms with Crippen molar-refractivity contribution in [3.63, 3.8) is 0 Å². The molecule has 2 rings (SSSR count). The summed E-state index contributed by atoms with van der Waals surface area (Å²) in [5, 5.41) is 12.3. The first-order valence-corrected chi connectivity index (χ1v) is 7.56. The van der Waals surface area contributed by atoms with E-state index in [2.05, 4.69) is 33.2 Å². The minimum atomic E-state index is -0.447. The number of aromatic nitrogens is 1. The van der Waals surface area contributed by atoms with Crippen molar-refractivity contribution in [1.29, 1.82) is 0 Å². The van der Waals surface area contributed by atoms with Crippen molar-refractivity contribution in [3.05, 3.63) is 63.9 Å². The minimum Gasteiger partial charge on any atom is -0.394 e. The maximum Gasteiger partial charge on any atom is 0.271 e. The summed E-state index contributed by atoms with van der Waals surface area (Å²) in [5.74, 6) is -0.318. The van der Waals surface area contributed by atoms with E-state index in [1.54, 1.807) is 18.3 Å². The lowest BCUT2D eigenvalue weighted by atomic mass is 10.0. The van der Waals surface area contributed by atoms with Gasteiger partial charge in [0.2, 0.25) is 0 Å². The summed E-state index contributed by atoms with van der Waals surface area (Å²) < 4.78 is 0.625. The monoisotopic (exact) mass is 348 g/mol. The molecule has 1 amide bonds. The van der Waals surface area contributed by atoms with Crippen LogP contribution >= 0.6 is 15.9 Å². The van der Waals surface area contributed by atoms with Crippen molar-refractivity contribution in [2.24, 2.45) is 0 Å². The first-order chi connectivity index (χ1) is 10.2. The van der Waals surface area contributed by atoms with Crippen LogP contribution in [0, 0.1) is 0 Å². The van der Waals surface area contributed by atoms with Crippen molar-refractivity contribution >= 4 is 21.8 Å². The molecule has 1 aromatic carbocycles. The fourth-order valence-electron chi connectivity index (χ4n) is 2.00. The summed E-state index contributed by atoms with van der Waals surface area (Å²) in [6, 6.07) is 10.9. The summed E-state index contributed by atoms with van der Waals surface area (Å²) in [7, 11) is 0. The highest BCUT2D eigenvalue weighted by Gasteiger charge is 2.17. The van der Waals surface area contributed by atoms with Crippen molar-refractivity contribution in [2.75, 3.05) is 6.61 Å². The second kappa shape index (κ2) is 7.33. The van der Waals surface area contributed by atoms with E-state index < -0.39 is 6.04 Å². The van der Waals surface area contributed by atoms with Crippen LogP contribution in [0.2, 0.25) is 0 Å². The van der Waals surface area contributed by atoms with Gasteiger partial charge in [-0.25, -0.2) is 4.98 Å². The average Bonchev–Trinajstić information content (AvgIpc) is 2.53. The molecule has 0 bridgehead atoms. The molecule has 5 heteroatoms. The van der Waals surface area contributed by atoms with Crippen LogP contribution in [-0.4, -0.2) is 22.6 Å². The zero-order chi connectivity index (χ0) is 15.2. The number of pyridine rings is 1. The number of aryl methyl sites for hydroxylation is 1. The number of halogens is 1. The zero-order valence-electron chi connectivity index (χ0n) is 11.7. The fraction of sp³-hybridized carbons (Fsp3) is 0.250. The highest BCUT2D eigenvalue weighted by Crippen LogP contribution is 2.17. The molecular weight excluding hydrogens is 332 g/mol. The van der Waals surface area contributed by atoms with Gasteiger partial charge in [-0.05, 0) is 45.6 Å². The molecule has 0 aliphatic rings. The van der Waals surface area contributed by atoms with E-state index in [0.29, 0.717) is 10.2 Å². The molecule has 0 aliphatic heterocycles. The van der Waals surface area contributed by atoms with Gasteiger partial charge >= 0.3 is 0 Å². The molecule has 0 aliphatic carbocycles. The molecule has 0 radical (unpaired) electrons. The molecule has 0 fully saturated rings. The second-order valence-corrected chi connectivity index (χ2v) is 5.49. The normalized spacial score (nSPS) is 12.0. The summed E-state index contributed by atoms with van der Waals surface area (Å²) in [6.45, 7) is 1.92. The first kappa shape index (κ1) is 15.7. The van der Waals surface area contributed by atoms with Gasteiger partial charge < -0.3 is 10.4 Å². The van der Waals surface area contributed by atoms with E-state index in [4.69, 9.17) is 0 Å². The minimum absolute atomic E-state index is 0.165. The number of aliphatic hydroxyl groups excluding tert-OH is 1. The first-order valence-electron chi connectivity index (χ1n) is 6.76. The standard InChI is InChI=1S/C16H17BrN2O2/c1-2-11-5-7-12(8-6-11)14(10-20)19-16(21)15-13(17)4-3-9-18-15/h3-9,14,20H,2,10H2,1H3,(H,19,21)/t14-/m1/s1. The Morgan fingerprint density at radius 1 is 1.33 bits per heavy atom. The smallest absolute Gasteiger partial charge is 0.271 e. The van der Waals surface area contributed by atoms with Crippen molar-refractivity contribution in [3.8, 4) is 0 Å². The van der Waals surface area contributed by atoms with Crippen LogP contribution in [0.15, 0.2) is 47.1 Å². The van der Waals surface area contributed by atoms with Crippen LogP contribution in [0.4, 0.5) is 0 Å². The third-order valence-corrected chi connectivity index (χ3v) is 3.89. The van der Waals surface area contributed by atoms with Crippen LogP contribution in [0.25, 0.3) is 0 Å². The van der Waals surface area contributed by atoms with Gasteiger partial charge in [0.05, 0.1) is 12.6 Å². The van der Waals surface area contributed by atoms with Crippen LogP contribution in [0.5, 0.6) is 0 Å². The molecule has 2 aromatic rings. The number of nitrogens with one attached hydrogen (secondary N) is 1. The number of amides is 1. The molecule has 2 N–H and O–H groups in total. The van der Waals surface area contributed by atoms with E-state index >= 15 is 0 Å². The Morgan fingerprint density at radius 3 is 2.62 bits per heavy atom. The summed E-state index contributed by atoms with van der Waals surface area (Å²) in [4.78, 5) is 16.3. The van der Waals surface area contributed by atoms with Gasteiger partial charge in [0, 0.05) is 10.7 Å². The predicted octanol–water partition coefficient (Wildman–Crippen LogP) is 2.87. The number of hydrogen-bond acceptors (Lipinski definition) is 3. The molecular formula is C16H17BrN2O2. The number of nitrogens with zero attached hydrogens (tertiary/aromatic N) is 1. The molecule has 4 nitrogen and oxygen atoms in total. The Kier molecular flexibility index (Phi) is 5.47. The number of rotatable bonds is 5. The Bertz CT molecular complexity index is 614. The predicted molar refractivity (Wildman–Crippen MR) is 85.1 cm³/mol. The number of carbonyl (C=O) groups is 1. The Hall–Kier alpha value is -1.72. The molecule has 0 saturated heterocycles. The van der Waals surface area contributed by atoms with Crippen LogP contribution in [0.3, 0.4) is 0 Å². The molecule has 0 saturated carbocycles. The number of benzene rings is 1. The highest BCUT2D eigenvalue weighted by atomic mass is 79.9. The molecule has 1 heterocycles. The zero-order valence-corrected chi connectivity index (χ0v) is 13.3. The van der Waals surface area contributed by atoms with E-state index in [1.807, 2.05) is 24.3 Å². The van der Waals surface area contributed by atoms with Crippen molar-refractivity contribution < 1.29 is 9.90 Å². The molecule has 1 atom stereocenters. The van der Waals surface area contributed by atoms with Crippen LogP contribution in [-0.2, 0) is 6.42 Å². The van der Waals surface area contributed by atoms with Crippen LogP contribution in [0.1, 0.15) is 34.6 Å². The van der Waals surface area contributed by atoms with E-state index in [9.17, 15) is 9.90 Å². The SMILES string of the molecule is CCc1ccc([C@@H](CO)NC(=O)c2ncccc2Br)cc1. The number of hydrogen-bond donors (Lipinski definition) is 2. The Morgan fingerprint density at radius 2 is 2.05 bits per heavy atom. The molecule has 0 unspecified atom stereocenters. The lowest BCUT2D eigenvalue weighted by molar-refractivity contribution is 0.0910. The maximum atomic E-state index is 12.2. The molecule has 0 spiro atoms. The molecule has 21 heavy (non-hydrogen) atoms. The summed E-state index contributed by atoms with van der Waals surface area (Å²) in [5.41, 5.74) is 2.39.